The lowest BCUT2D eigenvalue weighted by Gasteiger charge is -2.07. The number of carbonyl (C=O) groups is 1. The second kappa shape index (κ2) is 7.89. The van der Waals surface area contributed by atoms with E-state index in [9.17, 15) is 9.18 Å². The highest BCUT2D eigenvalue weighted by atomic mass is 32.2. The van der Waals surface area contributed by atoms with Gasteiger partial charge < -0.3 is 5.32 Å². The molecule has 1 amide bonds. The summed E-state index contributed by atoms with van der Waals surface area (Å²) in [4.78, 5) is 13.0. The first-order chi connectivity index (χ1) is 12.1. The maximum Gasteiger partial charge on any atom is 0.225 e. The van der Waals surface area contributed by atoms with Gasteiger partial charge in [0.05, 0.1) is 0 Å². The van der Waals surface area contributed by atoms with Gasteiger partial charge in [-0.15, -0.1) is 16.9 Å². The van der Waals surface area contributed by atoms with Gasteiger partial charge in [0, 0.05) is 35.4 Å². The topological polar surface area (TPSA) is 72.7 Å². The van der Waals surface area contributed by atoms with Crippen LogP contribution in [0.15, 0.2) is 53.4 Å². The molecule has 3 rings (SSSR count). The smallest absolute Gasteiger partial charge is 0.225 e. The van der Waals surface area contributed by atoms with Gasteiger partial charge in [0.1, 0.15) is 5.82 Å². The lowest BCUT2D eigenvalue weighted by molar-refractivity contribution is -0.115. The lowest BCUT2D eigenvalue weighted by atomic mass is 10.2. The van der Waals surface area contributed by atoms with E-state index in [0.717, 1.165) is 10.5 Å². The number of halogens is 1. The van der Waals surface area contributed by atoms with E-state index < -0.39 is 0 Å². The minimum Gasteiger partial charge on any atom is -0.326 e. The van der Waals surface area contributed by atoms with E-state index in [1.54, 1.807) is 23.9 Å². The zero-order valence-corrected chi connectivity index (χ0v) is 14.3. The summed E-state index contributed by atoms with van der Waals surface area (Å²) in [5, 5.41) is 14.2. The van der Waals surface area contributed by atoms with Crippen molar-refractivity contribution in [1.82, 2.24) is 20.2 Å². The second-order valence-electron chi connectivity index (χ2n) is 5.31. The number of tetrazole rings is 1. The highest BCUT2D eigenvalue weighted by Crippen LogP contribution is 2.21. The Hall–Kier alpha value is -2.74. The standard InChI is InChI=1S/C17H16FN5OS/c1-23-17(20-21-22-23)12-3-2-4-14(11-12)19-16(24)9-10-25-15-7-5-13(18)6-8-15/h2-8,11H,9-10H2,1H3,(H,19,24). The van der Waals surface area contributed by atoms with E-state index in [0.29, 0.717) is 23.7 Å². The van der Waals surface area contributed by atoms with Crippen LogP contribution < -0.4 is 5.32 Å². The van der Waals surface area contributed by atoms with Gasteiger partial charge in [0.15, 0.2) is 5.82 Å². The van der Waals surface area contributed by atoms with E-state index >= 15 is 0 Å². The number of benzene rings is 2. The van der Waals surface area contributed by atoms with Crippen molar-refractivity contribution < 1.29 is 9.18 Å². The van der Waals surface area contributed by atoms with Crippen LogP contribution in [-0.4, -0.2) is 31.9 Å². The third-order valence-corrected chi connectivity index (χ3v) is 4.45. The highest BCUT2D eigenvalue weighted by Gasteiger charge is 2.08. The molecular weight excluding hydrogens is 341 g/mol. The van der Waals surface area contributed by atoms with E-state index in [1.807, 2.05) is 24.3 Å². The van der Waals surface area contributed by atoms with Crippen molar-refractivity contribution in [2.75, 3.05) is 11.1 Å². The molecule has 128 valence electrons. The minimum absolute atomic E-state index is 0.0807. The van der Waals surface area contributed by atoms with Crippen LogP contribution in [0.5, 0.6) is 0 Å². The van der Waals surface area contributed by atoms with Crippen LogP contribution in [0.3, 0.4) is 0 Å². The summed E-state index contributed by atoms with van der Waals surface area (Å²) in [6, 6.07) is 13.6. The van der Waals surface area contributed by atoms with E-state index in [2.05, 4.69) is 20.8 Å². The fourth-order valence-electron chi connectivity index (χ4n) is 2.23. The highest BCUT2D eigenvalue weighted by molar-refractivity contribution is 7.99. The molecule has 0 aliphatic heterocycles. The Morgan fingerprint density at radius 1 is 1.24 bits per heavy atom. The Kier molecular flexibility index (Phi) is 5.39. The number of amides is 1. The van der Waals surface area contributed by atoms with Crippen molar-refractivity contribution in [2.45, 2.75) is 11.3 Å². The second-order valence-corrected chi connectivity index (χ2v) is 6.48. The SMILES string of the molecule is Cn1nnnc1-c1cccc(NC(=O)CCSc2ccc(F)cc2)c1. The molecule has 0 spiro atoms. The van der Waals surface area contributed by atoms with Gasteiger partial charge in [-0.3, -0.25) is 4.79 Å². The monoisotopic (exact) mass is 357 g/mol. The molecule has 1 N–H and O–H groups in total. The van der Waals surface area contributed by atoms with Crippen LogP contribution in [0.4, 0.5) is 10.1 Å². The van der Waals surface area contributed by atoms with E-state index in [4.69, 9.17) is 0 Å². The molecule has 0 unspecified atom stereocenters. The number of aryl methyl sites for hydroxylation is 1. The number of anilines is 1. The third-order valence-electron chi connectivity index (χ3n) is 3.44. The van der Waals surface area contributed by atoms with Gasteiger partial charge in [0.25, 0.3) is 0 Å². The normalized spacial score (nSPS) is 10.6. The molecule has 0 radical (unpaired) electrons. The molecule has 1 heterocycles. The summed E-state index contributed by atoms with van der Waals surface area (Å²) in [5.41, 5.74) is 1.52. The molecule has 2 aromatic carbocycles. The van der Waals surface area contributed by atoms with Crippen molar-refractivity contribution in [3.63, 3.8) is 0 Å². The largest absolute Gasteiger partial charge is 0.326 e. The summed E-state index contributed by atoms with van der Waals surface area (Å²) in [5.74, 6) is 0.899. The van der Waals surface area contributed by atoms with Gasteiger partial charge in [-0.2, -0.15) is 0 Å². The first-order valence-electron chi connectivity index (χ1n) is 7.63. The predicted molar refractivity (Wildman–Crippen MR) is 94.6 cm³/mol. The molecule has 0 bridgehead atoms. The fourth-order valence-corrected chi connectivity index (χ4v) is 3.08. The van der Waals surface area contributed by atoms with Gasteiger partial charge in [0.2, 0.25) is 5.91 Å². The summed E-state index contributed by atoms with van der Waals surface area (Å²) in [7, 11) is 1.76. The maximum atomic E-state index is 12.9. The Balaban J connectivity index is 1.54. The summed E-state index contributed by atoms with van der Waals surface area (Å²) in [6.07, 6.45) is 0.359. The number of nitrogens with one attached hydrogen (secondary N) is 1. The number of nitrogens with zero attached hydrogens (tertiary/aromatic N) is 4. The van der Waals surface area contributed by atoms with Crippen LogP contribution >= 0.6 is 11.8 Å². The molecule has 25 heavy (non-hydrogen) atoms. The Labute approximate surface area is 148 Å². The molecule has 8 heteroatoms. The quantitative estimate of drug-likeness (QED) is 0.686. The zero-order chi connectivity index (χ0) is 17.6. The molecular formula is C17H16FN5OS. The van der Waals surface area contributed by atoms with Crippen LogP contribution in [-0.2, 0) is 11.8 Å². The molecule has 0 fully saturated rings. The van der Waals surface area contributed by atoms with Crippen LogP contribution in [0.2, 0.25) is 0 Å². The Morgan fingerprint density at radius 3 is 2.76 bits per heavy atom. The number of aromatic nitrogens is 4. The van der Waals surface area contributed by atoms with Gasteiger partial charge in [-0.25, -0.2) is 9.07 Å². The van der Waals surface area contributed by atoms with Crippen LogP contribution in [0, 0.1) is 5.82 Å². The molecule has 0 aliphatic carbocycles. The van der Waals surface area contributed by atoms with E-state index in [-0.39, 0.29) is 11.7 Å². The van der Waals surface area contributed by atoms with Crippen molar-refractivity contribution in [1.29, 1.82) is 0 Å². The number of thioether (sulfide) groups is 1. The number of hydrogen-bond acceptors (Lipinski definition) is 5. The average Bonchev–Trinajstić information content (AvgIpc) is 3.03. The molecule has 0 aliphatic rings. The first kappa shape index (κ1) is 17.1. The molecule has 0 atom stereocenters. The minimum atomic E-state index is -0.264. The first-order valence-corrected chi connectivity index (χ1v) is 8.61. The molecule has 6 nitrogen and oxygen atoms in total. The van der Waals surface area contributed by atoms with Gasteiger partial charge in [-0.05, 0) is 46.8 Å². The zero-order valence-electron chi connectivity index (χ0n) is 13.5. The summed E-state index contributed by atoms with van der Waals surface area (Å²) >= 11 is 1.51. The number of carbonyl (C=O) groups excluding carboxylic acids is 1. The third kappa shape index (κ3) is 4.63. The maximum absolute atomic E-state index is 12.9. The fraction of sp³-hybridized carbons (Fsp3) is 0.176. The van der Waals surface area contributed by atoms with Crippen molar-refractivity contribution in [3.8, 4) is 11.4 Å². The van der Waals surface area contributed by atoms with E-state index in [1.165, 1.54) is 23.9 Å². The molecule has 3 aromatic rings. The molecule has 1 aromatic heterocycles. The number of hydrogen-bond donors (Lipinski definition) is 1. The van der Waals surface area contributed by atoms with Crippen molar-refractivity contribution in [2.24, 2.45) is 7.05 Å². The Morgan fingerprint density at radius 2 is 2.04 bits per heavy atom. The predicted octanol–water partition coefficient (Wildman–Crippen LogP) is 3.14. The van der Waals surface area contributed by atoms with Gasteiger partial charge in [-0.1, -0.05) is 12.1 Å². The molecule has 0 saturated carbocycles. The summed E-state index contributed by atoms with van der Waals surface area (Å²) < 4.78 is 14.4. The number of rotatable bonds is 6. The van der Waals surface area contributed by atoms with Crippen molar-refractivity contribution >= 4 is 23.4 Å². The van der Waals surface area contributed by atoms with Crippen LogP contribution in [0.1, 0.15) is 6.42 Å². The average molecular weight is 357 g/mol. The van der Waals surface area contributed by atoms with Crippen molar-refractivity contribution in [3.05, 3.63) is 54.3 Å². The molecule has 0 saturated heterocycles. The van der Waals surface area contributed by atoms with Gasteiger partial charge >= 0.3 is 0 Å². The summed E-state index contributed by atoms with van der Waals surface area (Å²) in [6.45, 7) is 0. The Bertz CT molecular complexity index is 865. The lowest BCUT2D eigenvalue weighted by Crippen LogP contribution is -2.12. The van der Waals surface area contributed by atoms with Crippen LogP contribution in [0.25, 0.3) is 11.4 Å².